The van der Waals surface area contributed by atoms with Gasteiger partial charge in [-0.2, -0.15) is 10.1 Å². The lowest BCUT2D eigenvalue weighted by molar-refractivity contribution is 0.825. The van der Waals surface area contributed by atoms with E-state index >= 15 is 0 Å². The van der Waals surface area contributed by atoms with Crippen LogP contribution in [0.1, 0.15) is 70.4 Å². The van der Waals surface area contributed by atoms with Crippen molar-refractivity contribution in [3.63, 3.8) is 0 Å². The van der Waals surface area contributed by atoms with Gasteiger partial charge in [-0.1, -0.05) is 59.2 Å². The Morgan fingerprint density at radius 1 is 1.04 bits per heavy atom. The van der Waals surface area contributed by atoms with Gasteiger partial charge in [-0.3, -0.25) is 0 Å². The normalized spacial score (nSPS) is 11.1. The summed E-state index contributed by atoms with van der Waals surface area (Å²) in [6.45, 7) is 11.9. The molecule has 2 N–H and O–H groups in total. The molecule has 0 unspecified atom stereocenters. The monoisotopic (exact) mass is 327 g/mol. The van der Waals surface area contributed by atoms with Crippen molar-refractivity contribution in [3.8, 4) is 0 Å². The summed E-state index contributed by atoms with van der Waals surface area (Å²) >= 11 is 0. The highest BCUT2D eigenvalue weighted by Crippen LogP contribution is 2.33. The Kier molecular flexibility index (Phi) is 6.53. The van der Waals surface area contributed by atoms with E-state index in [1.54, 1.807) is 6.20 Å². The van der Waals surface area contributed by atoms with Crippen LogP contribution in [-0.2, 0) is 0 Å². The van der Waals surface area contributed by atoms with Gasteiger partial charge in [0.25, 0.3) is 0 Å². The van der Waals surface area contributed by atoms with Crippen LogP contribution in [0.5, 0.6) is 0 Å². The molecule has 130 valence electrons. The number of hydrogen-bond donors (Lipinski definition) is 2. The minimum Gasteiger partial charge on any atom is -0.369 e. The summed E-state index contributed by atoms with van der Waals surface area (Å²) in [6.07, 6.45) is 3.93. The number of unbranched alkanes of at least 4 members (excludes halogenated alkanes) is 1. The van der Waals surface area contributed by atoms with Crippen molar-refractivity contribution in [3.05, 3.63) is 35.5 Å². The van der Waals surface area contributed by atoms with Crippen molar-refractivity contribution in [1.82, 2.24) is 15.2 Å². The first-order valence-corrected chi connectivity index (χ1v) is 8.86. The second-order valence-corrected chi connectivity index (χ2v) is 6.69. The lowest BCUT2D eigenvalue weighted by Gasteiger charge is -2.20. The maximum absolute atomic E-state index is 4.54. The molecule has 0 spiro atoms. The smallest absolute Gasteiger partial charge is 0.249 e. The molecule has 1 heterocycles. The topological polar surface area (TPSA) is 62.7 Å². The van der Waals surface area contributed by atoms with Crippen LogP contribution in [0.15, 0.2) is 24.4 Å². The molecule has 0 amide bonds. The molecular formula is C19H29N5. The first-order chi connectivity index (χ1) is 11.5. The molecule has 24 heavy (non-hydrogen) atoms. The summed E-state index contributed by atoms with van der Waals surface area (Å²) in [5.41, 5.74) is 3.65. The molecule has 0 aliphatic heterocycles. The summed E-state index contributed by atoms with van der Waals surface area (Å²) in [4.78, 5) is 4.54. The van der Waals surface area contributed by atoms with E-state index in [-0.39, 0.29) is 0 Å². The standard InChI is InChI=1S/C19H29N5/c1-6-7-11-20-17-12-21-24-19(22-17)23-18-15(13(2)3)9-8-10-16(18)14(4)5/h8-10,12-14H,6-7,11H2,1-5H3,(H2,20,22,23,24). The lowest BCUT2D eigenvalue weighted by Crippen LogP contribution is -2.09. The third-order valence-corrected chi connectivity index (χ3v) is 4.01. The van der Waals surface area contributed by atoms with Crippen LogP contribution in [0.4, 0.5) is 17.5 Å². The largest absolute Gasteiger partial charge is 0.369 e. The summed E-state index contributed by atoms with van der Waals surface area (Å²) in [5.74, 6) is 2.13. The summed E-state index contributed by atoms with van der Waals surface area (Å²) < 4.78 is 0. The Hall–Kier alpha value is -2.17. The zero-order valence-electron chi connectivity index (χ0n) is 15.4. The molecule has 2 aromatic rings. The molecule has 1 aromatic carbocycles. The highest BCUT2D eigenvalue weighted by Gasteiger charge is 2.15. The van der Waals surface area contributed by atoms with E-state index in [4.69, 9.17) is 0 Å². The predicted octanol–water partition coefficient (Wildman–Crippen LogP) is 5.07. The van der Waals surface area contributed by atoms with Gasteiger partial charge in [-0.05, 0) is 29.4 Å². The second-order valence-electron chi connectivity index (χ2n) is 6.69. The third kappa shape index (κ3) is 4.66. The van der Waals surface area contributed by atoms with E-state index in [1.165, 1.54) is 11.1 Å². The van der Waals surface area contributed by atoms with Gasteiger partial charge in [0, 0.05) is 12.2 Å². The molecule has 0 radical (unpaired) electrons. The van der Waals surface area contributed by atoms with E-state index in [2.05, 4.69) is 78.6 Å². The number of benzene rings is 1. The minimum atomic E-state index is 0.421. The molecule has 0 aliphatic rings. The minimum absolute atomic E-state index is 0.421. The zero-order chi connectivity index (χ0) is 17.5. The summed E-state index contributed by atoms with van der Waals surface area (Å²) in [6, 6.07) is 6.45. The molecule has 0 fully saturated rings. The highest BCUT2D eigenvalue weighted by molar-refractivity contribution is 5.65. The van der Waals surface area contributed by atoms with E-state index < -0.39 is 0 Å². The number of aromatic nitrogens is 3. The van der Waals surface area contributed by atoms with Crippen LogP contribution in [0.25, 0.3) is 0 Å². The molecule has 0 saturated carbocycles. The predicted molar refractivity (Wildman–Crippen MR) is 101 cm³/mol. The van der Waals surface area contributed by atoms with Crippen LogP contribution < -0.4 is 10.6 Å². The molecule has 5 nitrogen and oxygen atoms in total. The van der Waals surface area contributed by atoms with E-state index in [1.807, 2.05) is 0 Å². The van der Waals surface area contributed by atoms with Gasteiger partial charge in [0.15, 0.2) is 5.82 Å². The van der Waals surface area contributed by atoms with Crippen molar-refractivity contribution < 1.29 is 0 Å². The average Bonchev–Trinajstić information content (AvgIpc) is 2.55. The Morgan fingerprint density at radius 2 is 1.71 bits per heavy atom. The van der Waals surface area contributed by atoms with Gasteiger partial charge in [0.1, 0.15) is 0 Å². The molecule has 1 aromatic heterocycles. The maximum Gasteiger partial charge on any atom is 0.249 e. The molecule has 5 heteroatoms. The number of nitrogens with one attached hydrogen (secondary N) is 2. The van der Waals surface area contributed by atoms with Gasteiger partial charge >= 0.3 is 0 Å². The SMILES string of the molecule is CCCCNc1cnnc(Nc2c(C(C)C)cccc2C(C)C)n1. The molecule has 0 bridgehead atoms. The molecular weight excluding hydrogens is 298 g/mol. The lowest BCUT2D eigenvalue weighted by atomic mass is 9.93. The van der Waals surface area contributed by atoms with Gasteiger partial charge in [-0.15, -0.1) is 5.10 Å². The fraction of sp³-hybridized carbons (Fsp3) is 0.526. The van der Waals surface area contributed by atoms with E-state index in [0.29, 0.717) is 17.8 Å². The van der Waals surface area contributed by atoms with Crippen LogP contribution in [0.3, 0.4) is 0 Å². The summed E-state index contributed by atoms with van der Waals surface area (Å²) in [7, 11) is 0. The van der Waals surface area contributed by atoms with Gasteiger partial charge in [-0.25, -0.2) is 0 Å². The Bertz CT molecular complexity index is 626. The molecule has 0 saturated heterocycles. The first-order valence-electron chi connectivity index (χ1n) is 8.86. The Labute approximate surface area is 145 Å². The van der Waals surface area contributed by atoms with Crippen molar-refractivity contribution in [1.29, 1.82) is 0 Å². The van der Waals surface area contributed by atoms with E-state index in [9.17, 15) is 0 Å². The van der Waals surface area contributed by atoms with Crippen LogP contribution in [-0.4, -0.2) is 21.7 Å². The van der Waals surface area contributed by atoms with Crippen LogP contribution in [0, 0.1) is 0 Å². The van der Waals surface area contributed by atoms with Crippen molar-refractivity contribution in [2.24, 2.45) is 0 Å². The quantitative estimate of drug-likeness (QED) is 0.662. The van der Waals surface area contributed by atoms with Crippen molar-refractivity contribution >= 4 is 17.5 Å². The highest BCUT2D eigenvalue weighted by atomic mass is 15.3. The Morgan fingerprint density at radius 3 is 2.29 bits per heavy atom. The molecule has 0 atom stereocenters. The van der Waals surface area contributed by atoms with Crippen LogP contribution in [0.2, 0.25) is 0 Å². The summed E-state index contributed by atoms with van der Waals surface area (Å²) in [5, 5.41) is 14.9. The first kappa shape index (κ1) is 18.2. The number of nitrogens with zero attached hydrogens (tertiary/aromatic N) is 3. The molecule has 2 rings (SSSR count). The number of para-hydroxylation sites is 1. The van der Waals surface area contributed by atoms with Crippen molar-refractivity contribution in [2.75, 3.05) is 17.2 Å². The van der Waals surface area contributed by atoms with Crippen molar-refractivity contribution in [2.45, 2.75) is 59.3 Å². The average molecular weight is 327 g/mol. The van der Waals surface area contributed by atoms with E-state index in [0.717, 1.165) is 30.9 Å². The maximum atomic E-state index is 4.54. The third-order valence-electron chi connectivity index (χ3n) is 4.01. The second kappa shape index (κ2) is 8.62. The fourth-order valence-electron chi connectivity index (χ4n) is 2.64. The zero-order valence-corrected chi connectivity index (χ0v) is 15.4. The Balaban J connectivity index is 2.28. The number of rotatable bonds is 8. The molecule has 0 aliphatic carbocycles. The van der Waals surface area contributed by atoms with Gasteiger partial charge < -0.3 is 10.6 Å². The van der Waals surface area contributed by atoms with Gasteiger partial charge in [0.05, 0.1) is 6.20 Å². The van der Waals surface area contributed by atoms with Gasteiger partial charge in [0.2, 0.25) is 5.95 Å². The fourth-order valence-corrected chi connectivity index (χ4v) is 2.64. The number of hydrogen-bond acceptors (Lipinski definition) is 5. The van der Waals surface area contributed by atoms with Crippen LogP contribution >= 0.6 is 0 Å². The number of anilines is 3.